The van der Waals surface area contributed by atoms with Gasteiger partial charge in [0, 0.05) is 6.21 Å². The monoisotopic (exact) mass is 246 g/mol. The Balaban J connectivity index is 2.31. The van der Waals surface area contributed by atoms with E-state index in [-0.39, 0.29) is 0 Å². The number of benzene rings is 1. The molecule has 0 N–H and O–H groups in total. The fourth-order valence-corrected chi connectivity index (χ4v) is 2.43. The average Bonchev–Trinajstić information content (AvgIpc) is 2.78. The zero-order valence-electron chi connectivity index (χ0n) is 9.71. The second-order valence-electron chi connectivity index (χ2n) is 3.41. The van der Waals surface area contributed by atoms with Crippen molar-refractivity contribution in [2.45, 2.75) is 6.92 Å². The number of hydrogen-bond acceptors (Lipinski definition) is 5. The standard InChI is InChI=1S/C12H14N4S/c1-3-14-16(9-8-13-2)12-15-10-6-4-5-7-11(10)17-12/h3-7H,2,8-9H2,1H3/b14-3+. The van der Waals surface area contributed by atoms with Crippen LogP contribution in [0, 0.1) is 0 Å². The van der Waals surface area contributed by atoms with Crippen molar-refractivity contribution in [3.05, 3.63) is 24.3 Å². The van der Waals surface area contributed by atoms with Crippen LogP contribution in [0.15, 0.2) is 34.4 Å². The van der Waals surface area contributed by atoms with Crippen LogP contribution in [-0.2, 0) is 0 Å². The summed E-state index contributed by atoms with van der Waals surface area (Å²) in [7, 11) is 0. The summed E-state index contributed by atoms with van der Waals surface area (Å²) >= 11 is 1.63. The first-order chi connectivity index (χ1) is 8.35. The molecule has 0 spiro atoms. The molecule has 0 atom stereocenters. The van der Waals surface area contributed by atoms with Gasteiger partial charge in [-0.05, 0) is 25.8 Å². The zero-order chi connectivity index (χ0) is 12.1. The van der Waals surface area contributed by atoms with Gasteiger partial charge in [-0.15, -0.1) is 0 Å². The predicted octanol–water partition coefficient (Wildman–Crippen LogP) is 2.81. The van der Waals surface area contributed by atoms with Crippen LogP contribution in [-0.4, -0.2) is 31.0 Å². The van der Waals surface area contributed by atoms with E-state index in [1.807, 2.05) is 30.1 Å². The number of hydrogen-bond donors (Lipinski definition) is 0. The molecular weight excluding hydrogens is 232 g/mol. The van der Waals surface area contributed by atoms with E-state index in [0.717, 1.165) is 10.6 Å². The molecule has 0 radical (unpaired) electrons. The molecule has 0 aliphatic carbocycles. The van der Waals surface area contributed by atoms with Gasteiger partial charge in [-0.25, -0.2) is 9.99 Å². The molecule has 88 valence electrons. The largest absolute Gasteiger partial charge is 0.299 e. The molecule has 1 heterocycles. The first kappa shape index (κ1) is 11.7. The van der Waals surface area contributed by atoms with Crippen LogP contribution in [0.5, 0.6) is 0 Å². The molecular formula is C12H14N4S. The van der Waals surface area contributed by atoms with Gasteiger partial charge < -0.3 is 0 Å². The van der Waals surface area contributed by atoms with E-state index < -0.39 is 0 Å². The van der Waals surface area contributed by atoms with Crippen LogP contribution < -0.4 is 5.01 Å². The Labute approximate surface area is 104 Å². The highest BCUT2D eigenvalue weighted by molar-refractivity contribution is 7.22. The van der Waals surface area contributed by atoms with E-state index in [2.05, 4.69) is 27.9 Å². The van der Waals surface area contributed by atoms with E-state index >= 15 is 0 Å². The lowest BCUT2D eigenvalue weighted by atomic mass is 10.3. The minimum atomic E-state index is 0.646. The SMILES string of the molecule is C=NCCN(/N=C/C)c1nc2ccccc2s1. The van der Waals surface area contributed by atoms with Crippen molar-refractivity contribution < 1.29 is 0 Å². The van der Waals surface area contributed by atoms with E-state index in [1.165, 1.54) is 4.70 Å². The smallest absolute Gasteiger partial charge is 0.207 e. The third-order valence-corrected chi connectivity index (χ3v) is 3.28. The molecule has 2 rings (SSSR count). The minimum Gasteiger partial charge on any atom is -0.299 e. The molecule has 0 unspecified atom stereocenters. The molecule has 0 saturated heterocycles. The van der Waals surface area contributed by atoms with Crippen LogP contribution >= 0.6 is 11.3 Å². The molecule has 1 aromatic carbocycles. The lowest BCUT2D eigenvalue weighted by molar-refractivity contribution is 0.837. The molecule has 0 amide bonds. The normalized spacial score (nSPS) is 11.1. The van der Waals surface area contributed by atoms with E-state index in [4.69, 9.17) is 0 Å². The zero-order valence-corrected chi connectivity index (χ0v) is 10.5. The summed E-state index contributed by atoms with van der Waals surface area (Å²) < 4.78 is 1.17. The Hall–Kier alpha value is -1.75. The molecule has 0 aliphatic heterocycles. The van der Waals surface area contributed by atoms with Crippen molar-refractivity contribution in [1.82, 2.24) is 4.98 Å². The Morgan fingerprint density at radius 3 is 3.00 bits per heavy atom. The maximum absolute atomic E-state index is 4.55. The van der Waals surface area contributed by atoms with Gasteiger partial charge in [0.2, 0.25) is 5.13 Å². The summed E-state index contributed by atoms with van der Waals surface area (Å²) in [6.07, 6.45) is 1.76. The summed E-state index contributed by atoms with van der Waals surface area (Å²) in [5, 5.41) is 7.05. The molecule has 0 aliphatic rings. The highest BCUT2D eigenvalue weighted by Crippen LogP contribution is 2.28. The second-order valence-corrected chi connectivity index (χ2v) is 4.42. The van der Waals surface area contributed by atoms with Crippen LogP contribution in [0.1, 0.15) is 6.92 Å². The van der Waals surface area contributed by atoms with Crippen LogP contribution in [0.2, 0.25) is 0 Å². The summed E-state index contributed by atoms with van der Waals surface area (Å²) in [4.78, 5) is 8.40. The number of thiazole rings is 1. The van der Waals surface area contributed by atoms with Gasteiger partial charge in [-0.1, -0.05) is 23.5 Å². The average molecular weight is 246 g/mol. The van der Waals surface area contributed by atoms with Crippen LogP contribution in [0.4, 0.5) is 5.13 Å². The number of anilines is 1. The van der Waals surface area contributed by atoms with Crippen molar-refractivity contribution in [1.29, 1.82) is 0 Å². The fraction of sp³-hybridized carbons (Fsp3) is 0.250. The maximum atomic E-state index is 4.55. The molecule has 0 fully saturated rings. The van der Waals surface area contributed by atoms with Gasteiger partial charge in [0.1, 0.15) is 0 Å². The highest BCUT2D eigenvalue weighted by Gasteiger charge is 2.09. The van der Waals surface area contributed by atoms with Gasteiger partial charge >= 0.3 is 0 Å². The number of aliphatic imine (C=N–C) groups is 1. The summed E-state index contributed by atoms with van der Waals surface area (Å²) in [5.41, 5.74) is 1.01. The van der Waals surface area contributed by atoms with Gasteiger partial charge in [0.15, 0.2) is 0 Å². The Morgan fingerprint density at radius 2 is 2.29 bits per heavy atom. The topological polar surface area (TPSA) is 40.9 Å². The Kier molecular flexibility index (Phi) is 3.82. The van der Waals surface area contributed by atoms with E-state index in [1.54, 1.807) is 17.6 Å². The van der Waals surface area contributed by atoms with Crippen molar-refractivity contribution >= 4 is 39.6 Å². The highest BCUT2D eigenvalue weighted by atomic mass is 32.1. The maximum Gasteiger partial charge on any atom is 0.207 e. The van der Waals surface area contributed by atoms with Crippen LogP contribution in [0.25, 0.3) is 10.2 Å². The summed E-state index contributed by atoms with van der Waals surface area (Å²) in [5.74, 6) is 0. The first-order valence-electron chi connectivity index (χ1n) is 5.39. The number of hydrazone groups is 1. The van der Waals surface area contributed by atoms with Crippen molar-refractivity contribution in [3.63, 3.8) is 0 Å². The van der Waals surface area contributed by atoms with Crippen molar-refractivity contribution in [3.8, 4) is 0 Å². The third-order valence-electron chi connectivity index (χ3n) is 2.23. The van der Waals surface area contributed by atoms with Crippen molar-refractivity contribution in [2.24, 2.45) is 10.1 Å². The summed E-state index contributed by atoms with van der Waals surface area (Å²) in [6, 6.07) is 8.08. The lowest BCUT2D eigenvalue weighted by Crippen LogP contribution is -2.19. The Morgan fingerprint density at radius 1 is 1.47 bits per heavy atom. The first-order valence-corrected chi connectivity index (χ1v) is 6.21. The predicted molar refractivity (Wildman–Crippen MR) is 75.5 cm³/mol. The lowest BCUT2D eigenvalue weighted by Gasteiger charge is -2.13. The molecule has 17 heavy (non-hydrogen) atoms. The molecule has 4 nitrogen and oxygen atoms in total. The molecule has 2 aromatic rings. The molecule has 0 saturated carbocycles. The quantitative estimate of drug-likeness (QED) is 0.601. The van der Waals surface area contributed by atoms with E-state index in [9.17, 15) is 0 Å². The number of fused-ring (bicyclic) bond motifs is 1. The minimum absolute atomic E-state index is 0.646. The molecule has 1 aromatic heterocycles. The number of aromatic nitrogens is 1. The number of para-hydroxylation sites is 1. The molecule has 0 bridgehead atoms. The van der Waals surface area contributed by atoms with Crippen LogP contribution in [0.3, 0.4) is 0 Å². The number of rotatable bonds is 5. The van der Waals surface area contributed by atoms with Gasteiger partial charge in [0.25, 0.3) is 0 Å². The summed E-state index contributed by atoms with van der Waals surface area (Å²) in [6.45, 7) is 6.72. The molecule has 5 heteroatoms. The third kappa shape index (κ3) is 2.68. The van der Waals surface area contributed by atoms with Crippen molar-refractivity contribution in [2.75, 3.05) is 18.1 Å². The van der Waals surface area contributed by atoms with Gasteiger partial charge in [0.05, 0.1) is 23.3 Å². The van der Waals surface area contributed by atoms with Gasteiger partial charge in [-0.2, -0.15) is 5.10 Å². The Bertz CT molecular complexity index is 499. The fourth-order valence-electron chi connectivity index (χ4n) is 1.48. The van der Waals surface area contributed by atoms with E-state index in [0.29, 0.717) is 13.1 Å². The number of nitrogens with zero attached hydrogens (tertiary/aromatic N) is 4. The second kappa shape index (κ2) is 5.54. The van der Waals surface area contributed by atoms with Gasteiger partial charge in [-0.3, -0.25) is 4.99 Å².